The number of amides is 1. The maximum absolute atomic E-state index is 13.1. The van der Waals surface area contributed by atoms with Gasteiger partial charge in [0.15, 0.2) is 0 Å². The minimum absolute atomic E-state index is 0.0532. The van der Waals surface area contributed by atoms with Gasteiger partial charge in [0.2, 0.25) is 0 Å². The lowest BCUT2D eigenvalue weighted by atomic mass is 9.92. The van der Waals surface area contributed by atoms with Crippen LogP contribution in [0.4, 0.5) is 0 Å². The van der Waals surface area contributed by atoms with E-state index in [2.05, 4.69) is 61.2 Å². The Hall–Kier alpha value is -3.44. The van der Waals surface area contributed by atoms with Gasteiger partial charge in [-0.25, -0.2) is 4.79 Å². The summed E-state index contributed by atoms with van der Waals surface area (Å²) in [5.41, 5.74) is 5.30. The Balaban J connectivity index is 1.58. The first-order valence-corrected chi connectivity index (χ1v) is 10.9. The molecule has 0 saturated carbocycles. The molecular formula is C27H28N2O3. The fourth-order valence-electron chi connectivity index (χ4n) is 4.49. The lowest BCUT2D eigenvalue weighted by molar-refractivity contribution is 0.0582. The van der Waals surface area contributed by atoms with E-state index in [1.165, 1.54) is 28.3 Å². The van der Waals surface area contributed by atoms with Crippen molar-refractivity contribution in [3.63, 3.8) is 0 Å². The summed E-state index contributed by atoms with van der Waals surface area (Å²) < 4.78 is 0. The molecule has 1 aliphatic heterocycles. The number of rotatable bonds is 5. The minimum atomic E-state index is -1.08. The molecule has 0 spiro atoms. The first kappa shape index (κ1) is 21.8. The van der Waals surface area contributed by atoms with Crippen LogP contribution in [0.15, 0.2) is 72.8 Å². The molecule has 3 aromatic rings. The summed E-state index contributed by atoms with van der Waals surface area (Å²) in [5.74, 6) is -1.29. The Morgan fingerprint density at radius 3 is 2.09 bits per heavy atom. The summed E-state index contributed by atoms with van der Waals surface area (Å²) >= 11 is 0. The molecule has 3 aromatic carbocycles. The summed E-state index contributed by atoms with van der Waals surface area (Å²) in [5, 5.41) is 9.45. The van der Waals surface area contributed by atoms with Gasteiger partial charge in [-0.3, -0.25) is 9.69 Å². The second-order valence-electron chi connectivity index (χ2n) is 8.35. The van der Waals surface area contributed by atoms with E-state index in [0.717, 1.165) is 0 Å². The van der Waals surface area contributed by atoms with Gasteiger partial charge in [-0.05, 0) is 42.7 Å². The number of carboxylic acids is 1. The number of aryl methyl sites for hydroxylation is 2. The van der Waals surface area contributed by atoms with Gasteiger partial charge in [0, 0.05) is 26.2 Å². The zero-order valence-corrected chi connectivity index (χ0v) is 18.5. The molecule has 0 radical (unpaired) electrons. The first-order chi connectivity index (χ1) is 15.5. The van der Waals surface area contributed by atoms with E-state index < -0.39 is 5.97 Å². The highest BCUT2D eigenvalue weighted by molar-refractivity contribution is 6.04. The molecule has 1 N–H and O–H groups in total. The fourth-order valence-corrected chi connectivity index (χ4v) is 4.49. The minimum Gasteiger partial charge on any atom is -0.478 e. The van der Waals surface area contributed by atoms with Crippen molar-refractivity contribution < 1.29 is 14.7 Å². The van der Waals surface area contributed by atoms with Crippen molar-refractivity contribution >= 4 is 11.9 Å². The van der Waals surface area contributed by atoms with Crippen molar-refractivity contribution in [2.45, 2.75) is 19.9 Å². The summed E-state index contributed by atoms with van der Waals surface area (Å²) in [6.45, 7) is 6.80. The summed E-state index contributed by atoms with van der Waals surface area (Å²) in [6.07, 6.45) is 0. The lowest BCUT2D eigenvalue weighted by Gasteiger charge is -2.40. The molecule has 1 amide bonds. The molecule has 0 bridgehead atoms. The average Bonchev–Trinajstić information content (AvgIpc) is 2.82. The van der Waals surface area contributed by atoms with Gasteiger partial charge in [-0.15, -0.1) is 0 Å². The Morgan fingerprint density at radius 1 is 0.812 bits per heavy atom. The van der Waals surface area contributed by atoms with Gasteiger partial charge in [0.05, 0.1) is 17.2 Å². The third kappa shape index (κ3) is 4.43. The summed E-state index contributed by atoms with van der Waals surface area (Å²) in [6, 6.07) is 23.6. The lowest BCUT2D eigenvalue weighted by Crippen LogP contribution is -2.50. The molecular weight excluding hydrogens is 400 g/mol. The molecule has 5 heteroatoms. The SMILES string of the molecule is Cc1ccc(C)c(C(c2ccccc2)N2CCN(C(=O)c3ccccc3C(=O)O)CC2)c1. The number of carbonyl (C=O) groups excluding carboxylic acids is 1. The van der Waals surface area contributed by atoms with E-state index in [4.69, 9.17) is 0 Å². The standard InChI is InChI=1S/C27H28N2O3/c1-19-12-13-20(2)24(18-19)25(21-8-4-3-5-9-21)28-14-16-29(17-15-28)26(30)22-10-6-7-11-23(22)27(31)32/h3-13,18,25H,14-17H2,1-2H3,(H,31,32). The summed E-state index contributed by atoms with van der Waals surface area (Å²) in [7, 11) is 0. The number of hydrogen-bond donors (Lipinski definition) is 1. The third-order valence-electron chi connectivity index (χ3n) is 6.20. The van der Waals surface area contributed by atoms with Crippen LogP contribution in [0.2, 0.25) is 0 Å². The predicted molar refractivity (Wildman–Crippen MR) is 125 cm³/mol. The van der Waals surface area contributed by atoms with Gasteiger partial charge in [0.25, 0.3) is 5.91 Å². The number of carbonyl (C=O) groups is 2. The maximum Gasteiger partial charge on any atom is 0.336 e. The number of nitrogens with zero attached hydrogens (tertiary/aromatic N) is 2. The number of piperazine rings is 1. The van der Waals surface area contributed by atoms with Crippen molar-refractivity contribution in [1.29, 1.82) is 0 Å². The van der Waals surface area contributed by atoms with Crippen molar-refractivity contribution in [1.82, 2.24) is 9.80 Å². The number of carboxylic acid groups (broad SMARTS) is 1. The molecule has 1 fully saturated rings. The maximum atomic E-state index is 13.1. The first-order valence-electron chi connectivity index (χ1n) is 10.9. The highest BCUT2D eigenvalue weighted by Crippen LogP contribution is 2.32. The zero-order valence-electron chi connectivity index (χ0n) is 18.5. The van der Waals surface area contributed by atoms with Gasteiger partial charge >= 0.3 is 5.97 Å². The second-order valence-corrected chi connectivity index (χ2v) is 8.35. The van der Waals surface area contributed by atoms with Crippen molar-refractivity contribution in [2.75, 3.05) is 26.2 Å². The van der Waals surface area contributed by atoms with E-state index in [1.807, 2.05) is 6.07 Å². The third-order valence-corrected chi connectivity index (χ3v) is 6.20. The van der Waals surface area contributed by atoms with E-state index in [1.54, 1.807) is 23.1 Å². The van der Waals surface area contributed by atoms with Crippen LogP contribution >= 0.6 is 0 Å². The van der Waals surface area contributed by atoms with E-state index in [-0.39, 0.29) is 23.1 Å². The molecule has 1 heterocycles. The average molecular weight is 429 g/mol. The van der Waals surface area contributed by atoms with Crippen LogP contribution in [0.5, 0.6) is 0 Å². The van der Waals surface area contributed by atoms with Crippen LogP contribution in [-0.2, 0) is 0 Å². The van der Waals surface area contributed by atoms with Gasteiger partial charge in [-0.1, -0.05) is 66.2 Å². The zero-order chi connectivity index (χ0) is 22.7. The van der Waals surface area contributed by atoms with E-state index >= 15 is 0 Å². The predicted octanol–water partition coefficient (Wildman–Crippen LogP) is 4.55. The number of aromatic carboxylic acids is 1. The molecule has 1 saturated heterocycles. The quantitative estimate of drug-likeness (QED) is 0.648. The Kier molecular flexibility index (Phi) is 6.37. The van der Waals surface area contributed by atoms with Gasteiger partial charge < -0.3 is 10.0 Å². The topological polar surface area (TPSA) is 60.9 Å². The molecule has 32 heavy (non-hydrogen) atoms. The fraction of sp³-hybridized carbons (Fsp3) is 0.259. The Labute approximate surface area is 188 Å². The highest BCUT2D eigenvalue weighted by atomic mass is 16.4. The van der Waals surface area contributed by atoms with E-state index in [9.17, 15) is 14.7 Å². The van der Waals surface area contributed by atoms with Crippen LogP contribution in [0.1, 0.15) is 49.0 Å². The van der Waals surface area contributed by atoms with Gasteiger partial charge in [-0.2, -0.15) is 0 Å². The molecule has 0 aliphatic carbocycles. The Bertz CT molecular complexity index is 1120. The van der Waals surface area contributed by atoms with Crippen molar-refractivity contribution in [3.8, 4) is 0 Å². The molecule has 5 nitrogen and oxygen atoms in total. The summed E-state index contributed by atoms with van der Waals surface area (Å²) in [4.78, 5) is 28.8. The molecule has 1 aliphatic rings. The van der Waals surface area contributed by atoms with Crippen molar-refractivity contribution in [3.05, 3.63) is 106 Å². The molecule has 164 valence electrons. The van der Waals surface area contributed by atoms with Crippen LogP contribution in [0.3, 0.4) is 0 Å². The number of hydrogen-bond acceptors (Lipinski definition) is 3. The highest BCUT2D eigenvalue weighted by Gasteiger charge is 2.30. The van der Waals surface area contributed by atoms with Crippen LogP contribution in [-0.4, -0.2) is 53.0 Å². The number of benzene rings is 3. The van der Waals surface area contributed by atoms with Crippen LogP contribution in [0, 0.1) is 13.8 Å². The molecule has 4 rings (SSSR count). The smallest absolute Gasteiger partial charge is 0.336 e. The van der Waals surface area contributed by atoms with Crippen LogP contribution in [0.25, 0.3) is 0 Å². The monoisotopic (exact) mass is 428 g/mol. The van der Waals surface area contributed by atoms with Crippen LogP contribution < -0.4 is 0 Å². The normalized spacial score (nSPS) is 15.4. The van der Waals surface area contributed by atoms with Gasteiger partial charge in [0.1, 0.15) is 0 Å². The second kappa shape index (κ2) is 9.37. The van der Waals surface area contributed by atoms with E-state index in [0.29, 0.717) is 26.2 Å². The van der Waals surface area contributed by atoms with Crippen molar-refractivity contribution in [2.24, 2.45) is 0 Å². The Morgan fingerprint density at radius 2 is 1.44 bits per heavy atom. The molecule has 0 aromatic heterocycles. The molecule has 1 unspecified atom stereocenters. The molecule has 1 atom stereocenters. The largest absolute Gasteiger partial charge is 0.478 e.